The van der Waals surface area contributed by atoms with Gasteiger partial charge < -0.3 is 0 Å². The summed E-state index contributed by atoms with van der Waals surface area (Å²) in [6.07, 6.45) is 0. The summed E-state index contributed by atoms with van der Waals surface area (Å²) in [5.41, 5.74) is 1.83. The number of carbonyl (C=O) groups excluding carboxylic acids is 1. The van der Waals surface area contributed by atoms with Crippen LogP contribution in [-0.4, -0.2) is 20.9 Å². The van der Waals surface area contributed by atoms with E-state index >= 15 is 0 Å². The molecule has 114 valence electrons. The second-order valence-electron chi connectivity index (χ2n) is 5.06. The Labute approximate surface area is 142 Å². The van der Waals surface area contributed by atoms with E-state index in [0.29, 0.717) is 5.56 Å². The molecule has 0 aliphatic heterocycles. The van der Waals surface area contributed by atoms with E-state index in [1.807, 2.05) is 66.7 Å². The van der Waals surface area contributed by atoms with Crippen molar-refractivity contribution in [2.75, 3.05) is 0 Å². The van der Waals surface area contributed by atoms with E-state index in [0.717, 1.165) is 5.56 Å². The summed E-state index contributed by atoms with van der Waals surface area (Å²) in [7, 11) is 0. The monoisotopic (exact) mass is 367 g/mol. The molecule has 0 radical (unpaired) electrons. The summed E-state index contributed by atoms with van der Waals surface area (Å²) in [5, 5.41) is 3.19. The average molecular weight is 366 g/mol. The maximum atomic E-state index is 12.5. The molecule has 0 bridgehead atoms. The molecule has 3 aromatic carbocycles. The minimum atomic E-state index is -0.0303. The van der Waals surface area contributed by atoms with Gasteiger partial charge in [-0.15, -0.1) is 0 Å². The van der Waals surface area contributed by atoms with Crippen molar-refractivity contribution in [1.29, 1.82) is 0 Å². The molecule has 1 N–H and O–H groups in total. The van der Waals surface area contributed by atoms with Gasteiger partial charge in [-0.3, -0.25) is 0 Å². The van der Waals surface area contributed by atoms with Gasteiger partial charge in [0, 0.05) is 0 Å². The predicted octanol–water partition coefficient (Wildman–Crippen LogP) is 3.14. The Morgan fingerprint density at radius 2 is 1.26 bits per heavy atom. The third-order valence-electron chi connectivity index (χ3n) is 3.40. The molecule has 1 amide bonds. The van der Waals surface area contributed by atoms with Crippen LogP contribution in [-0.2, 0) is 0 Å². The Morgan fingerprint density at radius 1 is 0.739 bits per heavy atom. The summed E-state index contributed by atoms with van der Waals surface area (Å²) in [4.78, 5) is 12.5. The Morgan fingerprint density at radius 3 is 1.87 bits per heavy atom. The van der Waals surface area contributed by atoms with Crippen molar-refractivity contribution in [2.45, 2.75) is 4.94 Å². The van der Waals surface area contributed by atoms with Crippen molar-refractivity contribution < 1.29 is 4.79 Å². The van der Waals surface area contributed by atoms with Crippen LogP contribution in [0.1, 0.15) is 20.9 Å². The van der Waals surface area contributed by atoms with Crippen LogP contribution in [0, 0.1) is 0 Å². The van der Waals surface area contributed by atoms with Gasteiger partial charge in [-0.25, -0.2) is 0 Å². The van der Waals surface area contributed by atoms with Gasteiger partial charge >= 0.3 is 142 Å². The molecule has 0 heterocycles. The molecule has 23 heavy (non-hydrogen) atoms. The van der Waals surface area contributed by atoms with Crippen LogP contribution in [0.15, 0.2) is 91.0 Å². The molecular weight excluding hydrogens is 349 g/mol. The van der Waals surface area contributed by atoms with Crippen LogP contribution in [0.3, 0.4) is 0 Å². The molecule has 0 aliphatic rings. The zero-order chi connectivity index (χ0) is 15.9. The van der Waals surface area contributed by atoms with Gasteiger partial charge in [0.2, 0.25) is 0 Å². The maximum absolute atomic E-state index is 12.5. The number of nitrogens with one attached hydrogen (secondary N) is 1. The Bertz CT molecular complexity index is 744. The zero-order valence-corrected chi connectivity index (χ0v) is 14.3. The summed E-state index contributed by atoms with van der Waals surface area (Å²) >= 11 is 0.118. The summed E-state index contributed by atoms with van der Waals surface area (Å²) in [6.45, 7) is 0. The van der Waals surface area contributed by atoms with Crippen molar-refractivity contribution in [3.8, 4) is 0 Å². The van der Waals surface area contributed by atoms with Crippen molar-refractivity contribution in [2.24, 2.45) is 0 Å². The molecule has 0 aromatic heterocycles. The van der Waals surface area contributed by atoms with Gasteiger partial charge in [0.25, 0.3) is 0 Å². The Hall–Kier alpha value is -2.35. The van der Waals surface area contributed by atoms with E-state index in [4.69, 9.17) is 0 Å². The van der Waals surface area contributed by atoms with Gasteiger partial charge in [0.1, 0.15) is 0 Å². The number of hydrogen-bond acceptors (Lipinski definition) is 1. The predicted molar refractivity (Wildman–Crippen MR) is 94.9 cm³/mol. The van der Waals surface area contributed by atoms with Gasteiger partial charge in [-0.1, -0.05) is 0 Å². The average Bonchev–Trinajstić information content (AvgIpc) is 2.63. The first-order chi connectivity index (χ1) is 11.3. The molecule has 3 aromatic rings. The van der Waals surface area contributed by atoms with Crippen LogP contribution in [0.4, 0.5) is 0 Å². The van der Waals surface area contributed by atoms with Crippen molar-refractivity contribution >= 4 is 25.3 Å². The summed E-state index contributed by atoms with van der Waals surface area (Å²) in [6, 6.07) is 29.8. The van der Waals surface area contributed by atoms with Gasteiger partial charge in [0.15, 0.2) is 0 Å². The fourth-order valence-corrected chi connectivity index (χ4v) is 4.43. The number of rotatable bonds is 5. The molecule has 2 nitrogen and oxygen atoms in total. The fourth-order valence-electron chi connectivity index (χ4n) is 2.24. The number of carbonyl (C=O) groups is 1. The number of amides is 1. The van der Waals surface area contributed by atoms with Crippen LogP contribution in [0.2, 0.25) is 0 Å². The molecule has 0 aliphatic carbocycles. The quantitative estimate of drug-likeness (QED) is 0.691. The first-order valence-electron chi connectivity index (χ1n) is 7.45. The van der Waals surface area contributed by atoms with E-state index in [9.17, 15) is 4.79 Å². The first-order valence-corrected chi connectivity index (χ1v) is 9.30. The van der Waals surface area contributed by atoms with Crippen molar-refractivity contribution in [3.63, 3.8) is 0 Å². The first kappa shape index (κ1) is 15.5. The van der Waals surface area contributed by atoms with Crippen molar-refractivity contribution in [1.82, 2.24) is 5.32 Å². The second kappa shape index (κ2) is 7.77. The number of benzene rings is 3. The Balaban J connectivity index is 1.82. The fraction of sp³-hybridized carbons (Fsp3) is 0.0500. The normalized spacial score (nSPS) is 11.7. The molecule has 3 rings (SSSR count). The molecule has 0 saturated carbocycles. The van der Waals surface area contributed by atoms with E-state index in [2.05, 4.69) is 29.6 Å². The van der Waals surface area contributed by atoms with E-state index in [1.54, 1.807) is 0 Å². The summed E-state index contributed by atoms with van der Waals surface area (Å²) in [5.74, 6) is -0.0303. The molecule has 0 unspecified atom stereocenters. The zero-order valence-electron chi connectivity index (χ0n) is 12.6. The third kappa shape index (κ3) is 4.32. The molecular formula is C20H17NOSe. The van der Waals surface area contributed by atoms with E-state index < -0.39 is 0 Å². The second-order valence-corrected chi connectivity index (χ2v) is 7.53. The van der Waals surface area contributed by atoms with Gasteiger partial charge in [-0.05, 0) is 0 Å². The van der Waals surface area contributed by atoms with Gasteiger partial charge in [-0.2, -0.15) is 0 Å². The molecule has 3 heteroatoms. The standard InChI is InChI=1S/C20H17NOSe/c22-19(16-10-4-1-5-11-16)21-20(17-12-6-2-7-13-17)23-18-14-8-3-9-15-18/h1-15,20H,(H,21,22)/t20-/m0/s1. The van der Waals surface area contributed by atoms with Crippen LogP contribution >= 0.6 is 0 Å². The van der Waals surface area contributed by atoms with Crippen LogP contribution in [0.5, 0.6) is 0 Å². The van der Waals surface area contributed by atoms with E-state index in [1.165, 1.54) is 4.46 Å². The third-order valence-corrected chi connectivity index (χ3v) is 5.85. The van der Waals surface area contributed by atoms with Crippen LogP contribution in [0.25, 0.3) is 0 Å². The van der Waals surface area contributed by atoms with Gasteiger partial charge in [0.05, 0.1) is 0 Å². The minimum absolute atomic E-state index is 0.0128. The Kier molecular flexibility index (Phi) is 5.25. The van der Waals surface area contributed by atoms with E-state index in [-0.39, 0.29) is 25.8 Å². The van der Waals surface area contributed by atoms with Crippen molar-refractivity contribution in [3.05, 3.63) is 102 Å². The SMILES string of the molecule is O=C(N[C@@H]([Se]c1ccccc1)c1ccccc1)c1ccccc1. The molecule has 1 atom stereocenters. The molecule has 0 spiro atoms. The molecule has 0 fully saturated rings. The summed E-state index contributed by atoms with van der Waals surface area (Å²) < 4.78 is 1.27. The van der Waals surface area contributed by atoms with Crippen LogP contribution < -0.4 is 9.78 Å². The molecule has 0 saturated heterocycles. The topological polar surface area (TPSA) is 29.1 Å². The number of hydrogen-bond donors (Lipinski definition) is 1.